The molecule has 3 heteroatoms. The van der Waals surface area contributed by atoms with Crippen LogP contribution in [0.1, 0.15) is 31.2 Å². The van der Waals surface area contributed by atoms with Crippen molar-refractivity contribution in [3.63, 3.8) is 0 Å². The maximum Gasteiger partial charge on any atom is 0.123 e. The van der Waals surface area contributed by atoms with Gasteiger partial charge < -0.3 is 10.2 Å². The van der Waals surface area contributed by atoms with Gasteiger partial charge in [-0.05, 0) is 37.6 Å². The number of nitrogens with zero attached hydrogens (tertiary/aromatic N) is 1. The van der Waals surface area contributed by atoms with Gasteiger partial charge in [-0.1, -0.05) is 25.0 Å². The van der Waals surface area contributed by atoms with E-state index in [4.69, 9.17) is 0 Å². The maximum absolute atomic E-state index is 13.0. The smallest absolute Gasteiger partial charge is 0.123 e. The van der Waals surface area contributed by atoms with Gasteiger partial charge in [0, 0.05) is 25.7 Å². The van der Waals surface area contributed by atoms with Crippen LogP contribution in [0, 0.1) is 5.82 Å². The van der Waals surface area contributed by atoms with Gasteiger partial charge in [-0.3, -0.25) is 0 Å². The fourth-order valence-electron chi connectivity index (χ4n) is 2.62. The summed E-state index contributed by atoms with van der Waals surface area (Å²) >= 11 is 0. The van der Waals surface area contributed by atoms with E-state index in [0.717, 1.165) is 31.2 Å². The maximum atomic E-state index is 13.0. The first kappa shape index (κ1) is 13.5. The van der Waals surface area contributed by atoms with E-state index in [-0.39, 0.29) is 5.82 Å². The van der Waals surface area contributed by atoms with Crippen molar-refractivity contribution in [3.05, 3.63) is 35.6 Å². The summed E-state index contributed by atoms with van der Waals surface area (Å²) in [6.45, 7) is 2.84. The van der Waals surface area contributed by atoms with E-state index in [0.29, 0.717) is 0 Å². The van der Waals surface area contributed by atoms with Crippen LogP contribution in [0.5, 0.6) is 0 Å². The van der Waals surface area contributed by atoms with Crippen LogP contribution in [-0.2, 0) is 6.54 Å². The molecule has 0 spiro atoms. The molecule has 1 aromatic carbocycles. The highest BCUT2D eigenvalue weighted by molar-refractivity contribution is 5.15. The molecule has 0 aliphatic heterocycles. The SMILES string of the molecule is CN(CCNC1CCCC1)Cc1cccc(F)c1. The van der Waals surface area contributed by atoms with Gasteiger partial charge in [0.05, 0.1) is 0 Å². The molecule has 2 nitrogen and oxygen atoms in total. The van der Waals surface area contributed by atoms with Crippen LogP contribution in [0.25, 0.3) is 0 Å². The van der Waals surface area contributed by atoms with Crippen molar-refractivity contribution in [2.45, 2.75) is 38.3 Å². The Bertz CT molecular complexity index is 361. The molecule has 1 aromatic rings. The third kappa shape index (κ3) is 4.39. The van der Waals surface area contributed by atoms with Crippen molar-refractivity contribution in [2.75, 3.05) is 20.1 Å². The van der Waals surface area contributed by atoms with Crippen LogP contribution >= 0.6 is 0 Å². The highest BCUT2D eigenvalue weighted by Crippen LogP contribution is 2.17. The molecule has 100 valence electrons. The molecule has 0 radical (unpaired) electrons. The second kappa shape index (κ2) is 6.86. The third-order valence-corrected chi connectivity index (χ3v) is 3.62. The van der Waals surface area contributed by atoms with E-state index in [1.165, 1.54) is 31.7 Å². The van der Waals surface area contributed by atoms with Crippen molar-refractivity contribution in [2.24, 2.45) is 0 Å². The molecule has 2 rings (SSSR count). The average molecular weight is 250 g/mol. The minimum Gasteiger partial charge on any atom is -0.313 e. The molecule has 0 heterocycles. The van der Waals surface area contributed by atoms with Gasteiger partial charge in [-0.25, -0.2) is 4.39 Å². The molecular weight excluding hydrogens is 227 g/mol. The molecule has 0 atom stereocenters. The van der Waals surface area contributed by atoms with Crippen molar-refractivity contribution in [3.8, 4) is 0 Å². The second-order valence-electron chi connectivity index (χ2n) is 5.30. The molecular formula is C15H23FN2. The van der Waals surface area contributed by atoms with Gasteiger partial charge >= 0.3 is 0 Å². The largest absolute Gasteiger partial charge is 0.313 e. The Labute approximate surface area is 109 Å². The lowest BCUT2D eigenvalue weighted by atomic mass is 10.2. The quantitative estimate of drug-likeness (QED) is 0.835. The van der Waals surface area contributed by atoms with Crippen LogP contribution in [-0.4, -0.2) is 31.1 Å². The summed E-state index contributed by atoms with van der Waals surface area (Å²) in [4.78, 5) is 2.23. The van der Waals surface area contributed by atoms with Crippen LogP contribution in [0.15, 0.2) is 24.3 Å². The number of nitrogens with one attached hydrogen (secondary N) is 1. The summed E-state index contributed by atoms with van der Waals surface area (Å²) in [7, 11) is 2.08. The van der Waals surface area contributed by atoms with Crippen molar-refractivity contribution >= 4 is 0 Å². The molecule has 0 amide bonds. The molecule has 1 fully saturated rings. The van der Waals surface area contributed by atoms with E-state index >= 15 is 0 Å². The zero-order valence-corrected chi connectivity index (χ0v) is 11.2. The Balaban J connectivity index is 1.66. The van der Waals surface area contributed by atoms with Crippen LogP contribution in [0.2, 0.25) is 0 Å². The summed E-state index contributed by atoms with van der Waals surface area (Å²) in [6, 6.07) is 7.58. The van der Waals surface area contributed by atoms with Gasteiger partial charge in [0.25, 0.3) is 0 Å². The number of hydrogen-bond acceptors (Lipinski definition) is 2. The van der Waals surface area contributed by atoms with Gasteiger partial charge in [0.1, 0.15) is 5.82 Å². The molecule has 1 saturated carbocycles. The summed E-state index contributed by atoms with van der Waals surface area (Å²) in [5.41, 5.74) is 1.04. The number of likely N-dealkylation sites (N-methyl/N-ethyl adjacent to an activating group) is 1. The number of rotatable bonds is 6. The summed E-state index contributed by atoms with van der Waals surface area (Å²) in [5.74, 6) is -0.148. The first-order chi connectivity index (χ1) is 8.74. The summed E-state index contributed by atoms with van der Waals surface area (Å²) in [6.07, 6.45) is 5.40. The van der Waals surface area contributed by atoms with Crippen LogP contribution in [0.3, 0.4) is 0 Å². The molecule has 0 aromatic heterocycles. The van der Waals surface area contributed by atoms with Gasteiger partial charge in [-0.2, -0.15) is 0 Å². The third-order valence-electron chi connectivity index (χ3n) is 3.62. The Morgan fingerprint density at radius 3 is 2.83 bits per heavy atom. The van der Waals surface area contributed by atoms with E-state index < -0.39 is 0 Å². The number of benzene rings is 1. The molecule has 1 aliphatic carbocycles. The van der Waals surface area contributed by atoms with E-state index in [9.17, 15) is 4.39 Å². The second-order valence-corrected chi connectivity index (χ2v) is 5.30. The zero-order valence-electron chi connectivity index (χ0n) is 11.2. The average Bonchev–Trinajstić information content (AvgIpc) is 2.82. The first-order valence-electron chi connectivity index (χ1n) is 6.90. The van der Waals surface area contributed by atoms with Gasteiger partial charge in [0.15, 0.2) is 0 Å². The van der Waals surface area contributed by atoms with Crippen molar-refractivity contribution < 1.29 is 4.39 Å². The lowest BCUT2D eigenvalue weighted by Gasteiger charge is -2.19. The Morgan fingerprint density at radius 2 is 2.11 bits per heavy atom. The van der Waals surface area contributed by atoms with Crippen LogP contribution < -0.4 is 5.32 Å². The minimum atomic E-state index is -0.148. The fourth-order valence-corrected chi connectivity index (χ4v) is 2.62. The van der Waals surface area contributed by atoms with Gasteiger partial charge in [0.2, 0.25) is 0 Å². The Kier molecular flexibility index (Phi) is 5.14. The predicted molar refractivity (Wildman–Crippen MR) is 73.0 cm³/mol. The normalized spacial score (nSPS) is 16.6. The lowest BCUT2D eigenvalue weighted by Crippen LogP contribution is -2.34. The fraction of sp³-hybridized carbons (Fsp3) is 0.600. The molecule has 18 heavy (non-hydrogen) atoms. The highest BCUT2D eigenvalue weighted by Gasteiger charge is 2.13. The van der Waals surface area contributed by atoms with Crippen molar-refractivity contribution in [1.29, 1.82) is 0 Å². The van der Waals surface area contributed by atoms with E-state index in [2.05, 4.69) is 17.3 Å². The standard InChI is InChI=1S/C15H23FN2/c1-18(10-9-17-15-7-2-3-8-15)12-13-5-4-6-14(16)11-13/h4-6,11,15,17H,2-3,7-10,12H2,1H3. The van der Waals surface area contributed by atoms with E-state index in [1.54, 1.807) is 12.1 Å². The highest BCUT2D eigenvalue weighted by atomic mass is 19.1. The van der Waals surface area contributed by atoms with E-state index in [1.807, 2.05) is 6.07 Å². The number of halogens is 1. The predicted octanol–water partition coefficient (Wildman–Crippen LogP) is 2.79. The number of hydrogen-bond donors (Lipinski definition) is 1. The van der Waals surface area contributed by atoms with Gasteiger partial charge in [-0.15, -0.1) is 0 Å². The van der Waals surface area contributed by atoms with Crippen molar-refractivity contribution in [1.82, 2.24) is 10.2 Å². The first-order valence-corrected chi connectivity index (χ1v) is 6.90. The summed E-state index contributed by atoms with van der Waals surface area (Å²) in [5, 5.41) is 3.59. The molecule has 1 N–H and O–H groups in total. The topological polar surface area (TPSA) is 15.3 Å². The van der Waals surface area contributed by atoms with Crippen LogP contribution in [0.4, 0.5) is 4.39 Å². The monoisotopic (exact) mass is 250 g/mol. The Hall–Kier alpha value is -0.930. The zero-order chi connectivity index (χ0) is 12.8. The molecule has 0 bridgehead atoms. The molecule has 0 saturated heterocycles. The molecule has 1 aliphatic rings. The Morgan fingerprint density at radius 1 is 1.33 bits per heavy atom. The lowest BCUT2D eigenvalue weighted by molar-refractivity contribution is 0.316. The summed E-state index contributed by atoms with van der Waals surface area (Å²) < 4.78 is 13.0. The molecule has 0 unspecified atom stereocenters. The minimum absolute atomic E-state index is 0.148.